The van der Waals surface area contributed by atoms with Crippen LogP contribution in [0.25, 0.3) is 0 Å². The van der Waals surface area contributed by atoms with Crippen molar-refractivity contribution in [3.8, 4) is 0 Å². The zero-order valence-electron chi connectivity index (χ0n) is 9.76. The Balaban J connectivity index is 2.40. The minimum atomic E-state index is -0.866. The van der Waals surface area contributed by atoms with Crippen LogP contribution < -0.4 is 5.73 Å². The molecule has 0 radical (unpaired) electrons. The predicted molar refractivity (Wildman–Crippen MR) is 57.7 cm³/mol. The zero-order valence-corrected chi connectivity index (χ0v) is 9.76. The first-order chi connectivity index (χ1) is 7.99. The molecule has 0 bridgehead atoms. The van der Waals surface area contributed by atoms with Crippen LogP contribution in [0.5, 0.6) is 0 Å². The Labute approximate surface area is 98.7 Å². The van der Waals surface area contributed by atoms with Crippen molar-refractivity contribution in [1.29, 1.82) is 0 Å². The van der Waals surface area contributed by atoms with Gasteiger partial charge in [0.2, 0.25) is 0 Å². The van der Waals surface area contributed by atoms with Gasteiger partial charge in [-0.2, -0.15) is 0 Å². The molecule has 0 atom stereocenters. The molecule has 0 spiro atoms. The summed E-state index contributed by atoms with van der Waals surface area (Å²) in [6.45, 7) is 3.52. The van der Waals surface area contributed by atoms with Gasteiger partial charge in [-0.25, -0.2) is 4.79 Å². The number of esters is 1. The maximum atomic E-state index is 11.2. The summed E-state index contributed by atoms with van der Waals surface area (Å²) in [5, 5.41) is 0. The van der Waals surface area contributed by atoms with Crippen molar-refractivity contribution < 1.29 is 23.5 Å². The van der Waals surface area contributed by atoms with Gasteiger partial charge in [0.05, 0.1) is 5.92 Å². The number of hydrogen-bond donors (Lipinski definition) is 1. The number of rotatable bonds is 5. The molecule has 0 saturated carbocycles. The second kappa shape index (κ2) is 5.93. The fourth-order valence-electron chi connectivity index (χ4n) is 1.03. The fourth-order valence-corrected chi connectivity index (χ4v) is 1.03. The normalized spacial score (nSPS) is 10.3. The minimum absolute atomic E-state index is 0.0343. The number of nitrogens with two attached hydrogens (primary N) is 1. The highest BCUT2D eigenvalue weighted by atomic mass is 16.6. The molecule has 94 valence electrons. The molecule has 17 heavy (non-hydrogen) atoms. The summed E-state index contributed by atoms with van der Waals surface area (Å²) in [5.41, 5.74) is 4.81. The Kier molecular flexibility index (Phi) is 4.56. The van der Waals surface area contributed by atoms with Gasteiger partial charge >= 0.3 is 12.1 Å². The van der Waals surface area contributed by atoms with Crippen LogP contribution in [-0.4, -0.2) is 12.1 Å². The van der Waals surface area contributed by atoms with Crippen LogP contribution >= 0.6 is 0 Å². The van der Waals surface area contributed by atoms with Crippen molar-refractivity contribution in [3.05, 3.63) is 23.7 Å². The van der Waals surface area contributed by atoms with E-state index < -0.39 is 6.09 Å². The highest BCUT2D eigenvalue weighted by Crippen LogP contribution is 2.11. The molecule has 2 N–H and O–H groups in total. The van der Waals surface area contributed by atoms with Crippen molar-refractivity contribution in [1.82, 2.24) is 0 Å². The number of amides is 1. The maximum Gasteiger partial charge on any atom is 0.404 e. The highest BCUT2D eigenvalue weighted by molar-refractivity contribution is 5.71. The summed E-state index contributed by atoms with van der Waals surface area (Å²) in [4.78, 5) is 21.5. The molecule has 0 saturated heterocycles. The van der Waals surface area contributed by atoms with Crippen molar-refractivity contribution >= 4 is 12.1 Å². The molecule has 0 aliphatic carbocycles. The smallest absolute Gasteiger partial charge is 0.404 e. The summed E-state index contributed by atoms with van der Waals surface area (Å²) >= 11 is 0. The molecular formula is C11H15NO5. The van der Waals surface area contributed by atoms with E-state index >= 15 is 0 Å². The third-order valence-corrected chi connectivity index (χ3v) is 1.90. The van der Waals surface area contributed by atoms with Gasteiger partial charge < -0.3 is 19.6 Å². The lowest BCUT2D eigenvalue weighted by Gasteiger charge is -2.04. The molecule has 1 aromatic rings. The largest absolute Gasteiger partial charge is 0.459 e. The summed E-state index contributed by atoms with van der Waals surface area (Å²) in [5.74, 6) is 0.459. The average Bonchev–Trinajstić information content (AvgIpc) is 2.70. The average molecular weight is 241 g/mol. The lowest BCUT2D eigenvalue weighted by molar-refractivity contribution is -0.149. The Morgan fingerprint density at radius 2 is 1.76 bits per heavy atom. The quantitative estimate of drug-likeness (QED) is 0.790. The SMILES string of the molecule is CC(C)C(=O)OCc1ccc(COC(N)=O)o1. The number of ether oxygens (including phenoxy) is 2. The molecule has 1 heterocycles. The Hall–Kier alpha value is -1.98. The second-order valence-corrected chi connectivity index (χ2v) is 3.74. The zero-order chi connectivity index (χ0) is 12.8. The molecule has 1 aromatic heterocycles. The monoisotopic (exact) mass is 241 g/mol. The molecule has 0 unspecified atom stereocenters. The van der Waals surface area contributed by atoms with E-state index in [2.05, 4.69) is 4.74 Å². The van der Waals surface area contributed by atoms with Crippen molar-refractivity contribution in [2.45, 2.75) is 27.1 Å². The van der Waals surface area contributed by atoms with E-state index in [1.54, 1.807) is 26.0 Å². The highest BCUT2D eigenvalue weighted by Gasteiger charge is 2.10. The standard InChI is InChI=1S/C11H15NO5/c1-7(2)10(13)15-5-8-3-4-9(17-8)6-16-11(12)14/h3-4,7H,5-6H2,1-2H3,(H2,12,14). The van der Waals surface area contributed by atoms with Crippen molar-refractivity contribution in [2.75, 3.05) is 0 Å². The van der Waals surface area contributed by atoms with Crippen LogP contribution in [0.3, 0.4) is 0 Å². The topological polar surface area (TPSA) is 91.8 Å². The van der Waals surface area contributed by atoms with E-state index in [0.717, 1.165) is 0 Å². The van der Waals surface area contributed by atoms with E-state index in [1.165, 1.54) is 0 Å². The number of primary amides is 1. The molecule has 0 aromatic carbocycles. The van der Waals surface area contributed by atoms with Gasteiger partial charge in [-0.05, 0) is 12.1 Å². The second-order valence-electron chi connectivity index (χ2n) is 3.74. The van der Waals surface area contributed by atoms with Crippen LogP contribution in [0, 0.1) is 5.92 Å². The molecule has 0 aliphatic heterocycles. The molecule has 6 heteroatoms. The molecule has 1 rings (SSSR count). The third kappa shape index (κ3) is 4.58. The van der Waals surface area contributed by atoms with Gasteiger partial charge in [-0.1, -0.05) is 13.8 Å². The first-order valence-electron chi connectivity index (χ1n) is 5.15. The lowest BCUT2D eigenvalue weighted by Crippen LogP contribution is -2.12. The molecule has 0 aliphatic rings. The van der Waals surface area contributed by atoms with Gasteiger partial charge in [0.1, 0.15) is 18.1 Å². The number of carbonyl (C=O) groups excluding carboxylic acids is 2. The number of furan rings is 1. The molecular weight excluding hydrogens is 226 g/mol. The van der Waals surface area contributed by atoms with Crippen LogP contribution in [0.2, 0.25) is 0 Å². The van der Waals surface area contributed by atoms with Crippen LogP contribution in [0.4, 0.5) is 4.79 Å². The number of hydrogen-bond acceptors (Lipinski definition) is 5. The van der Waals surface area contributed by atoms with Crippen LogP contribution in [0.15, 0.2) is 16.5 Å². The summed E-state index contributed by atoms with van der Waals surface area (Å²) in [6.07, 6.45) is -0.866. The Morgan fingerprint density at radius 1 is 1.24 bits per heavy atom. The van der Waals surface area contributed by atoms with Gasteiger partial charge in [0, 0.05) is 0 Å². The predicted octanol–water partition coefficient (Wildman–Crippen LogP) is 1.57. The van der Waals surface area contributed by atoms with Gasteiger partial charge in [0.25, 0.3) is 0 Å². The van der Waals surface area contributed by atoms with Crippen molar-refractivity contribution in [2.24, 2.45) is 11.7 Å². The van der Waals surface area contributed by atoms with Gasteiger partial charge in [0.15, 0.2) is 6.61 Å². The molecule has 6 nitrogen and oxygen atoms in total. The summed E-state index contributed by atoms with van der Waals surface area (Å²) in [7, 11) is 0. The lowest BCUT2D eigenvalue weighted by atomic mass is 10.2. The van der Waals surface area contributed by atoms with E-state index in [-0.39, 0.29) is 25.1 Å². The fraction of sp³-hybridized carbons (Fsp3) is 0.455. The van der Waals surface area contributed by atoms with Crippen molar-refractivity contribution in [3.63, 3.8) is 0 Å². The van der Waals surface area contributed by atoms with Crippen LogP contribution in [0.1, 0.15) is 25.4 Å². The van der Waals surface area contributed by atoms with E-state index in [0.29, 0.717) is 11.5 Å². The third-order valence-electron chi connectivity index (χ3n) is 1.90. The van der Waals surface area contributed by atoms with Gasteiger partial charge in [-0.3, -0.25) is 4.79 Å². The van der Waals surface area contributed by atoms with E-state index in [4.69, 9.17) is 14.9 Å². The number of carbonyl (C=O) groups is 2. The Morgan fingerprint density at radius 3 is 2.24 bits per heavy atom. The van der Waals surface area contributed by atoms with E-state index in [1.807, 2.05) is 0 Å². The van der Waals surface area contributed by atoms with Gasteiger partial charge in [-0.15, -0.1) is 0 Å². The molecule has 1 amide bonds. The maximum absolute atomic E-state index is 11.2. The first-order valence-corrected chi connectivity index (χ1v) is 5.15. The first kappa shape index (κ1) is 13.1. The summed E-state index contributed by atoms with van der Waals surface area (Å²) < 4.78 is 14.8. The minimum Gasteiger partial charge on any atom is -0.459 e. The van der Waals surface area contributed by atoms with E-state index in [9.17, 15) is 9.59 Å². The summed E-state index contributed by atoms with van der Waals surface area (Å²) in [6, 6.07) is 3.27. The molecule has 0 fully saturated rings. The Bertz CT molecular complexity index is 396. The van der Waals surface area contributed by atoms with Crippen LogP contribution in [-0.2, 0) is 27.5 Å².